The number of fused-ring (bicyclic) bond motifs is 5. The molecule has 4 aliphatic rings. The van der Waals surface area contributed by atoms with Crippen molar-refractivity contribution in [1.29, 1.82) is 0 Å². The standard InChI is InChI=1S/C21H32O/c1-4-14-6-8-18-17-7-5-15-13-16(22)9-11-21(15,3)19(17)10-12-20(14,18)2/h6,15,17-19H,4-5,7-13H2,1-3H3/t15-,17?,18?,19?,20-,21+/m1/s1. The van der Waals surface area contributed by atoms with E-state index in [9.17, 15) is 4.79 Å². The molecule has 3 saturated carbocycles. The number of Topliss-reactive ketones (excluding diaryl/α,β-unsaturated/α-hetero) is 1. The second kappa shape index (κ2) is 4.95. The maximum atomic E-state index is 11.9. The quantitative estimate of drug-likeness (QED) is 0.581. The number of hydrogen-bond acceptors (Lipinski definition) is 1. The van der Waals surface area contributed by atoms with Gasteiger partial charge in [0.2, 0.25) is 0 Å². The number of hydrogen-bond donors (Lipinski definition) is 0. The molecule has 0 bridgehead atoms. The first-order valence-corrected chi connectivity index (χ1v) is 9.70. The van der Waals surface area contributed by atoms with Gasteiger partial charge < -0.3 is 0 Å². The van der Waals surface area contributed by atoms with E-state index in [0.29, 0.717) is 22.5 Å². The van der Waals surface area contributed by atoms with E-state index in [1.165, 1.54) is 44.9 Å². The van der Waals surface area contributed by atoms with Gasteiger partial charge in [0.15, 0.2) is 0 Å². The van der Waals surface area contributed by atoms with Crippen molar-refractivity contribution in [2.24, 2.45) is 34.5 Å². The lowest BCUT2D eigenvalue weighted by Crippen LogP contribution is -2.53. The molecule has 6 atom stereocenters. The third kappa shape index (κ3) is 1.86. The summed E-state index contributed by atoms with van der Waals surface area (Å²) in [7, 11) is 0. The van der Waals surface area contributed by atoms with Gasteiger partial charge in [0, 0.05) is 12.8 Å². The van der Waals surface area contributed by atoms with Gasteiger partial charge in [-0.1, -0.05) is 32.4 Å². The van der Waals surface area contributed by atoms with Crippen LogP contribution in [0.5, 0.6) is 0 Å². The Kier molecular flexibility index (Phi) is 3.37. The number of carbonyl (C=O) groups is 1. The Hall–Kier alpha value is -0.590. The Bertz CT molecular complexity index is 518. The second-order valence-electron chi connectivity index (χ2n) is 9.17. The molecule has 3 unspecified atom stereocenters. The molecule has 0 aromatic rings. The Morgan fingerprint density at radius 3 is 2.73 bits per heavy atom. The molecular weight excluding hydrogens is 268 g/mol. The Balaban J connectivity index is 1.63. The minimum atomic E-state index is 0.465. The zero-order valence-corrected chi connectivity index (χ0v) is 14.7. The molecule has 1 heteroatoms. The van der Waals surface area contributed by atoms with Crippen LogP contribution in [0.4, 0.5) is 0 Å². The zero-order valence-electron chi connectivity index (χ0n) is 14.7. The van der Waals surface area contributed by atoms with E-state index in [1.807, 2.05) is 0 Å². The molecule has 0 spiro atoms. The van der Waals surface area contributed by atoms with Gasteiger partial charge >= 0.3 is 0 Å². The maximum Gasteiger partial charge on any atom is 0.133 e. The fourth-order valence-electron chi connectivity index (χ4n) is 7.25. The normalized spacial score (nSPS) is 50.9. The van der Waals surface area contributed by atoms with Gasteiger partial charge in [-0.05, 0) is 79.4 Å². The molecule has 0 saturated heterocycles. The van der Waals surface area contributed by atoms with Crippen molar-refractivity contribution >= 4 is 5.78 Å². The van der Waals surface area contributed by atoms with Gasteiger partial charge in [-0.25, -0.2) is 0 Å². The molecule has 0 aliphatic heterocycles. The monoisotopic (exact) mass is 300 g/mol. The summed E-state index contributed by atoms with van der Waals surface area (Å²) in [4.78, 5) is 11.9. The average Bonchev–Trinajstić information content (AvgIpc) is 2.84. The molecule has 0 aromatic carbocycles. The number of rotatable bonds is 1. The smallest absolute Gasteiger partial charge is 0.133 e. The van der Waals surface area contributed by atoms with Crippen LogP contribution in [-0.4, -0.2) is 5.78 Å². The van der Waals surface area contributed by atoms with Crippen molar-refractivity contribution in [2.45, 2.75) is 78.6 Å². The van der Waals surface area contributed by atoms with Crippen LogP contribution >= 0.6 is 0 Å². The Morgan fingerprint density at radius 1 is 1.14 bits per heavy atom. The summed E-state index contributed by atoms with van der Waals surface area (Å²) in [5.74, 6) is 3.95. The van der Waals surface area contributed by atoms with Crippen molar-refractivity contribution in [3.8, 4) is 0 Å². The van der Waals surface area contributed by atoms with E-state index >= 15 is 0 Å². The van der Waals surface area contributed by atoms with E-state index in [4.69, 9.17) is 0 Å². The fourth-order valence-corrected chi connectivity index (χ4v) is 7.25. The lowest BCUT2D eigenvalue weighted by atomic mass is 9.45. The van der Waals surface area contributed by atoms with Crippen molar-refractivity contribution in [2.75, 3.05) is 0 Å². The predicted octanol–water partition coefficient (Wildman–Crippen LogP) is 5.54. The molecule has 0 heterocycles. The van der Waals surface area contributed by atoms with Gasteiger partial charge in [0.1, 0.15) is 5.78 Å². The summed E-state index contributed by atoms with van der Waals surface area (Å²) in [6, 6.07) is 0. The highest BCUT2D eigenvalue weighted by Gasteiger charge is 2.58. The first kappa shape index (κ1) is 15.0. The van der Waals surface area contributed by atoms with Gasteiger partial charge in [-0.2, -0.15) is 0 Å². The number of carbonyl (C=O) groups excluding carboxylic acids is 1. The highest BCUT2D eigenvalue weighted by atomic mass is 16.1. The first-order chi connectivity index (χ1) is 10.5. The van der Waals surface area contributed by atoms with E-state index < -0.39 is 0 Å². The minimum Gasteiger partial charge on any atom is -0.300 e. The largest absolute Gasteiger partial charge is 0.300 e. The minimum absolute atomic E-state index is 0.465. The van der Waals surface area contributed by atoms with Crippen molar-refractivity contribution in [1.82, 2.24) is 0 Å². The van der Waals surface area contributed by atoms with Crippen LogP contribution in [0.25, 0.3) is 0 Å². The fraction of sp³-hybridized carbons (Fsp3) is 0.857. The van der Waals surface area contributed by atoms with E-state index in [1.54, 1.807) is 5.57 Å². The lowest BCUT2D eigenvalue weighted by molar-refractivity contribution is -0.137. The summed E-state index contributed by atoms with van der Waals surface area (Å²) in [6.07, 6.45) is 13.6. The molecule has 0 amide bonds. The molecule has 1 nitrogen and oxygen atoms in total. The molecule has 4 aliphatic carbocycles. The number of ketones is 1. The number of allylic oxidation sites excluding steroid dienone is 2. The molecule has 0 aromatic heterocycles. The SMILES string of the molecule is CCC1=CCC2C3CC[C@@H]4CC(=O)CC[C@]4(C)C3CC[C@]12C. The lowest BCUT2D eigenvalue weighted by Gasteiger charge is -2.60. The third-order valence-corrected chi connectivity index (χ3v) is 8.60. The Labute approximate surface area is 135 Å². The van der Waals surface area contributed by atoms with Crippen molar-refractivity contribution in [3.05, 3.63) is 11.6 Å². The van der Waals surface area contributed by atoms with Crippen LogP contribution in [0.15, 0.2) is 11.6 Å². The van der Waals surface area contributed by atoms with Crippen LogP contribution in [0.3, 0.4) is 0 Å². The highest BCUT2D eigenvalue weighted by Crippen LogP contribution is 2.66. The van der Waals surface area contributed by atoms with Gasteiger partial charge in [0.05, 0.1) is 0 Å². The zero-order chi connectivity index (χ0) is 15.5. The maximum absolute atomic E-state index is 11.9. The molecular formula is C21H32O. The van der Waals surface area contributed by atoms with Crippen molar-refractivity contribution < 1.29 is 4.79 Å². The summed E-state index contributed by atoms with van der Waals surface area (Å²) < 4.78 is 0. The molecule has 122 valence electrons. The summed E-state index contributed by atoms with van der Waals surface area (Å²) in [6.45, 7) is 7.46. The van der Waals surface area contributed by atoms with Gasteiger partial charge in [-0.3, -0.25) is 4.79 Å². The first-order valence-electron chi connectivity index (χ1n) is 9.70. The van der Waals surface area contributed by atoms with Crippen LogP contribution < -0.4 is 0 Å². The van der Waals surface area contributed by atoms with E-state index in [0.717, 1.165) is 30.6 Å². The van der Waals surface area contributed by atoms with Gasteiger partial charge in [0.25, 0.3) is 0 Å². The third-order valence-electron chi connectivity index (χ3n) is 8.60. The molecule has 22 heavy (non-hydrogen) atoms. The van der Waals surface area contributed by atoms with Crippen molar-refractivity contribution in [3.63, 3.8) is 0 Å². The summed E-state index contributed by atoms with van der Waals surface area (Å²) in [5.41, 5.74) is 2.72. The van der Waals surface area contributed by atoms with Gasteiger partial charge in [-0.15, -0.1) is 0 Å². The molecule has 4 rings (SSSR count). The van der Waals surface area contributed by atoms with Crippen LogP contribution in [0, 0.1) is 34.5 Å². The van der Waals surface area contributed by atoms with Crippen LogP contribution in [0.2, 0.25) is 0 Å². The predicted molar refractivity (Wildman–Crippen MR) is 90.5 cm³/mol. The average molecular weight is 300 g/mol. The van der Waals surface area contributed by atoms with Crippen LogP contribution in [0.1, 0.15) is 78.6 Å². The van der Waals surface area contributed by atoms with Crippen LogP contribution in [-0.2, 0) is 4.79 Å². The van der Waals surface area contributed by atoms with E-state index in [2.05, 4.69) is 26.8 Å². The summed E-state index contributed by atoms with van der Waals surface area (Å²) >= 11 is 0. The highest BCUT2D eigenvalue weighted by molar-refractivity contribution is 5.79. The topological polar surface area (TPSA) is 17.1 Å². The molecule has 0 radical (unpaired) electrons. The second-order valence-corrected chi connectivity index (χ2v) is 9.17. The molecule has 0 N–H and O–H groups in total. The molecule has 3 fully saturated rings. The Morgan fingerprint density at radius 2 is 1.95 bits per heavy atom. The van der Waals surface area contributed by atoms with E-state index in [-0.39, 0.29) is 0 Å². The summed E-state index contributed by atoms with van der Waals surface area (Å²) in [5, 5.41) is 0.